The van der Waals surface area contributed by atoms with Gasteiger partial charge >= 0.3 is 0 Å². The summed E-state index contributed by atoms with van der Waals surface area (Å²) in [5.41, 5.74) is 3.49. The van der Waals surface area contributed by atoms with E-state index < -0.39 is 0 Å². The highest BCUT2D eigenvalue weighted by Gasteiger charge is 2.38. The maximum Gasteiger partial charge on any atom is 0.228 e. The molecule has 3 aromatic rings. The second-order valence-corrected chi connectivity index (χ2v) is 7.99. The third-order valence-corrected chi connectivity index (χ3v) is 6.16. The Hall–Kier alpha value is -2.80. The van der Waals surface area contributed by atoms with E-state index in [1.54, 1.807) is 4.68 Å². The Balaban J connectivity index is 1.36. The number of likely N-dealkylation sites (tertiary alicyclic amines) is 1. The largest absolute Gasteiger partial charge is 0.339 e. The molecule has 2 bridgehead atoms. The predicted molar refractivity (Wildman–Crippen MR) is 107 cm³/mol. The van der Waals surface area contributed by atoms with Crippen LogP contribution in [0.25, 0.3) is 22.2 Å². The van der Waals surface area contributed by atoms with Crippen LogP contribution < -0.4 is 0 Å². The number of aryl methyl sites for hydroxylation is 1. The summed E-state index contributed by atoms with van der Waals surface area (Å²) >= 11 is 0. The fourth-order valence-corrected chi connectivity index (χ4v) is 4.45. The monoisotopic (exact) mass is 376 g/mol. The summed E-state index contributed by atoms with van der Waals surface area (Å²) in [5, 5.41) is 5.19. The third kappa shape index (κ3) is 3.05. The van der Waals surface area contributed by atoms with Gasteiger partial charge in [-0.05, 0) is 38.1 Å². The Morgan fingerprint density at radius 2 is 1.93 bits per heavy atom. The quantitative estimate of drug-likeness (QED) is 0.698. The van der Waals surface area contributed by atoms with Gasteiger partial charge in [-0.1, -0.05) is 0 Å². The molecule has 2 saturated heterocycles. The fourth-order valence-electron chi connectivity index (χ4n) is 4.45. The average molecular weight is 376 g/mol. The lowest BCUT2D eigenvalue weighted by molar-refractivity contribution is -0.133. The van der Waals surface area contributed by atoms with Crippen molar-refractivity contribution in [3.8, 4) is 11.3 Å². The molecule has 0 aliphatic carbocycles. The first-order chi connectivity index (χ1) is 13.6. The Morgan fingerprint density at radius 3 is 2.64 bits per heavy atom. The number of carbonyl (C=O) groups is 1. The molecule has 2 unspecified atom stereocenters. The Bertz CT molecular complexity index is 1030. The zero-order chi connectivity index (χ0) is 19.3. The standard InChI is InChI=1S/C21H24N6O/c1-25-11-15(10-23-25)19-6-3-14-9-22-16(7-20(14)24-19)8-21(28)27-12-17-4-5-18(13-27)26(17)2/h3,6-7,9-11,17-18H,4-5,8,12-13H2,1-2H3. The molecular weight excluding hydrogens is 352 g/mol. The van der Waals surface area contributed by atoms with Gasteiger partial charge in [0.1, 0.15) is 0 Å². The number of nitrogens with zero attached hydrogens (tertiary/aromatic N) is 6. The van der Waals surface area contributed by atoms with Crippen molar-refractivity contribution < 1.29 is 4.79 Å². The number of hydrogen-bond acceptors (Lipinski definition) is 5. The van der Waals surface area contributed by atoms with Gasteiger partial charge in [-0.2, -0.15) is 5.10 Å². The maximum atomic E-state index is 12.9. The van der Waals surface area contributed by atoms with E-state index in [1.807, 2.05) is 48.7 Å². The van der Waals surface area contributed by atoms with Crippen molar-refractivity contribution in [2.75, 3.05) is 20.1 Å². The molecular formula is C21H24N6O. The summed E-state index contributed by atoms with van der Waals surface area (Å²) in [7, 11) is 4.07. The summed E-state index contributed by atoms with van der Waals surface area (Å²) in [6.45, 7) is 1.67. The predicted octanol–water partition coefficient (Wildman–Crippen LogP) is 1.88. The van der Waals surface area contributed by atoms with E-state index in [-0.39, 0.29) is 5.91 Å². The van der Waals surface area contributed by atoms with Crippen molar-refractivity contribution in [3.63, 3.8) is 0 Å². The molecule has 3 aromatic heterocycles. The molecule has 0 aromatic carbocycles. The molecule has 2 aliphatic heterocycles. The van der Waals surface area contributed by atoms with Crippen LogP contribution in [0.1, 0.15) is 18.5 Å². The highest BCUT2D eigenvalue weighted by molar-refractivity contribution is 5.83. The van der Waals surface area contributed by atoms with Gasteiger partial charge in [0.25, 0.3) is 0 Å². The van der Waals surface area contributed by atoms with Gasteiger partial charge in [0.05, 0.1) is 29.5 Å². The van der Waals surface area contributed by atoms with Crippen LogP contribution in [0.5, 0.6) is 0 Å². The van der Waals surface area contributed by atoms with Crippen LogP contribution in [0, 0.1) is 0 Å². The van der Waals surface area contributed by atoms with E-state index in [0.717, 1.165) is 40.9 Å². The number of likely N-dealkylation sites (N-methyl/N-ethyl adjacent to an activating group) is 1. The SMILES string of the molecule is CN1C2CCC1CN(C(=O)Cc1cc3nc(-c4cnn(C)c4)ccc3cn1)C2. The van der Waals surface area contributed by atoms with Gasteiger partial charge in [-0.25, -0.2) is 4.98 Å². The Kier molecular flexibility index (Phi) is 4.12. The van der Waals surface area contributed by atoms with Crippen LogP contribution >= 0.6 is 0 Å². The van der Waals surface area contributed by atoms with Crippen LogP contribution in [-0.4, -0.2) is 67.7 Å². The third-order valence-electron chi connectivity index (χ3n) is 6.16. The molecule has 28 heavy (non-hydrogen) atoms. The van der Waals surface area contributed by atoms with Gasteiger partial charge in [-0.3, -0.25) is 19.4 Å². The first-order valence-corrected chi connectivity index (χ1v) is 9.81. The Morgan fingerprint density at radius 1 is 1.14 bits per heavy atom. The highest BCUT2D eigenvalue weighted by atomic mass is 16.2. The average Bonchev–Trinajstić information content (AvgIpc) is 3.19. The van der Waals surface area contributed by atoms with Crippen molar-refractivity contribution in [1.29, 1.82) is 0 Å². The zero-order valence-corrected chi connectivity index (χ0v) is 16.2. The van der Waals surface area contributed by atoms with E-state index in [1.165, 1.54) is 12.8 Å². The molecule has 2 aliphatic rings. The van der Waals surface area contributed by atoms with Crippen LogP contribution in [0.3, 0.4) is 0 Å². The van der Waals surface area contributed by atoms with Gasteiger partial charge in [0.15, 0.2) is 0 Å². The lowest BCUT2D eigenvalue weighted by Crippen LogP contribution is -2.54. The maximum absolute atomic E-state index is 12.9. The number of piperazine rings is 1. The molecule has 5 rings (SSSR count). The number of pyridine rings is 2. The summed E-state index contributed by atoms with van der Waals surface area (Å²) in [6, 6.07) is 6.96. The van der Waals surface area contributed by atoms with Crippen LogP contribution in [0.4, 0.5) is 0 Å². The Labute approximate surface area is 164 Å². The number of hydrogen-bond donors (Lipinski definition) is 0. The molecule has 0 saturated carbocycles. The smallest absolute Gasteiger partial charge is 0.228 e. The van der Waals surface area contributed by atoms with E-state index >= 15 is 0 Å². The minimum absolute atomic E-state index is 0.167. The second-order valence-electron chi connectivity index (χ2n) is 7.99. The van der Waals surface area contributed by atoms with Crippen LogP contribution in [0.15, 0.2) is 36.8 Å². The minimum atomic E-state index is 0.167. The molecule has 144 valence electrons. The molecule has 7 nitrogen and oxygen atoms in total. The molecule has 0 N–H and O–H groups in total. The van der Waals surface area contributed by atoms with Crippen LogP contribution in [0.2, 0.25) is 0 Å². The minimum Gasteiger partial charge on any atom is -0.339 e. The lowest BCUT2D eigenvalue weighted by atomic mass is 10.1. The second kappa shape index (κ2) is 6.67. The van der Waals surface area contributed by atoms with Crippen molar-refractivity contribution >= 4 is 16.8 Å². The molecule has 1 amide bonds. The van der Waals surface area contributed by atoms with Gasteiger partial charge < -0.3 is 4.90 Å². The number of fused-ring (bicyclic) bond motifs is 3. The van der Waals surface area contributed by atoms with Crippen molar-refractivity contribution in [1.82, 2.24) is 29.5 Å². The van der Waals surface area contributed by atoms with Crippen molar-refractivity contribution in [2.45, 2.75) is 31.3 Å². The first-order valence-electron chi connectivity index (χ1n) is 9.81. The van der Waals surface area contributed by atoms with Gasteiger partial charge in [-0.15, -0.1) is 0 Å². The van der Waals surface area contributed by atoms with Gasteiger partial charge in [0.2, 0.25) is 5.91 Å². The lowest BCUT2D eigenvalue weighted by Gasteiger charge is -2.38. The van der Waals surface area contributed by atoms with E-state index in [9.17, 15) is 4.79 Å². The van der Waals surface area contributed by atoms with Crippen molar-refractivity contribution in [3.05, 3.63) is 42.5 Å². The van der Waals surface area contributed by atoms with Gasteiger partial charge in [0, 0.05) is 55.6 Å². The highest BCUT2D eigenvalue weighted by Crippen LogP contribution is 2.28. The van der Waals surface area contributed by atoms with E-state index in [2.05, 4.69) is 22.0 Å². The number of aromatic nitrogens is 4. The fraction of sp³-hybridized carbons (Fsp3) is 0.429. The van der Waals surface area contributed by atoms with Crippen molar-refractivity contribution in [2.24, 2.45) is 7.05 Å². The normalized spacial score (nSPS) is 22.1. The molecule has 2 atom stereocenters. The molecule has 2 fully saturated rings. The van der Waals surface area contributed by atoms with Crippen LogP contribution in [-0.2, 0) is 18.3 Å². The topological polar surface area (TPSA) is 67.2 Å². The number of amides is 1. The summed E-state index contributed by atoms with van der Waals surface area (Å²) < 4.78 is 1.76. The zero-order valence-electron chi connectivity index (χ0n) is 16.2. The first kappa shape index (κ1) is 17.3. The number of carbonyl (C=O) groups excluding carboxylic acids is 1. The molecule has 0 radical (unpaired) electrons. The summed E-state index contributed by atoms with van der Waals surface area (Å²) in [6.07, 6.45) is 8.28. The molecule has 0 spiro atoms. The van der Waals surface area contributed by atoms with E-state index in [0.29, 0.717) is 18.5 Å². The number of rotatable bonds is 3. The van der Waals surface area contributed by atoms with E-state index in [4.69, 9.17) is 4.98 Å². The summed E-state index contributed by atoms with van der Waals surface area (Å²) in [5.74, 6) is 0.167. The summed E-state index contributed by atoms with van der Waals surface area (Å²) in [4.78, 5) is 26.6. The molecule has 5 heterocycles. The molecule has 7 heteroatoms.